The molecule has 0 aliphatic rings. The van der Waals surface area contributed by atoms with E-state index in [-0.39, 0.29) is 11.3 Å². The first kappa shape index (κ1) is 11.6. The van der Waals surface area contributed by atoms with Crippen LogP contribution in [0.1, 0.15) is 13.3 Å². The summed E-state index contributed by atoms with van der Waals surface area (Å²) in [4.78, 5) is 0. The summed E-state index contributed by atoms with van der Waals surface area (Å²) in [5, 5.41) is 4.07. The average molecular weight is 237 g/mol. The average Bonchev–Trinajstić information content (AvgIpc) is 2.72. The second kappa shape index (κ2) is 4.53. The fourth-order valence-corrected chi connectivity index (χ4v) is 1.71. The molecule has 2 aromatic rings. The first-order valence-electron chi connectivity index (χ1n) is 5.40. The van der Waals surface area contributed by atoms with Crippen molar-refractivity contribution in [3.63, 3.8) is 0 Å². The topological polar surface area (TPSA) is 43.8 Å². The van der Waals surface area contributed by atoms with Gasteiger partial charge in [0.15, 0.2) is 0 Å². The van der Waals surface area contributed by atoms with Gasteiger partial charge in [-0.25, -0.2) is 8.78 Å². The van der Waals surface area contributed by atoms with Crippen molar-refractivity contribution in [1.82, 2.24) is 9.78 Å². The molecule has 5 heteroatoms. The van der Waals surface area contributed by atoms with Crippen LogP contribution in [-0.2, 0) is 6.54 Å². The summed E-state index contributed by atoms with van der Waals surface area (Å²) in [5.74, 6) is -1.16. The zero-order valence-electron chi connectivity index (χ0n) is 9.45. The maximum Gasteiger partial charge on any atom is 0.146 e. The van der Waals surface area contributed by atoms with Gasteiger partial charge in [-0.3, -0.25) is 4.68 Å². The number of nitrogen functional groups attached to an aromatic ring is 1. The Kier molecular flexibility index (Phi) is 3.08. The third-order valence-corrected chi connectivity index (χ3v) is 2.51. The van der Waals surface area contributed by atoms with Crippen LogP contribution < -0.4 is 5.73 Å². The molecule has 90 valence electrons. The van der Waals surface area contributed by atoms with Gasteiger partial charge in [-0.1, -0.05) is 6.92 Å². The Morgan fingerprint density at radius 1 is 1.29 bits per heavy atom. The van der Waals surface area contributed by atoms with Gasteiger partial charge in [0, 0.05) is 24.4 Å². The molecule has 0 saturated heterocycles. The summed E-state index contributed by atoms with van der Waals surface area (Å²) in [6, 6.07) is 3.76. The molecule has 0 saturated carbocycles. The van der Waals surface area contributed by atoms with Crippen LogP contribution >= 0.6 is 0 Å². The Morgan fingerprint density at radius 3 is 2.76 bits per heavy atom. The zero-order chi connectivity index (χ0) is 12.4. The molecular formula is C12H13F2N3. The van der Waals surface area contributed by atoms with Crippen LogP contribution in [0.15, 0.2) is 24.4 Å². The molecule has 0 atom stereocenters. The van der Waals surface area contributed by atoms with E-state index in [0.717, 1.165) is 18.6 Å². The number of hydrogen-bond acceptors (Lipinski definition) is 2. The summed E-state index contributed by atoms with van der Waals surface area (Å²) in [7, 11) is 0. The summed E-state index contributed by atoms with van der Waals surface area (Å²) in [5.41, 5.74) is 5.86. The van der Waals surface area contributed by atoms with E-state index in [9.17, 15) is 8.78 Å². The number of hydrogen-bond donors (Lipinski definition) is 1. The van der Waals surface area contributed by atoms with E-state index in [1.165, 1.54) is 0 Å². The first-order chi connectivity index (χ1) is 8.13. The Morgan fingerprint density at radius 2 is 2.06 bits per heavy atom. The van der Waals surface area contributed by atoms with Gasteiger partial charge in [0.2, 0.25) is 0 Å². The van der Waals surface area contributed by atoms with Gasteiger partial charge in [0.1, 0.15) is 11.6 Å². The maximum atomic E-state index is 13.7. The quantitative estimate of drug-likeness (QED) is 0.834. The zero-order valence-corrected chi connectivity index (χ0v) is 9.45. The first-order valence-corrected chi connectivity index (χ1v) is 5.40. The second-order valence-electron chi connectivity index (χ2n) is 3.79. The van der Waals surface area contributed by atoms with Crippen LogP contribution in [0.25, 0.3) is 11.3 Å². The Bertz CT molecular complexity index is 535. The smallest absolute Gasteiger partial charge is 0.146 e. The van der Waals surface area contributed by atoms with Gasteiger partial charge in [-0.05, 0) is 18.6 Å². The van der Waals surface area contributed by atoms with Gasteiger partial charge in [-0.2, -0.15) is 5.10 Å². The standard InChI is InChI=1S/C12H13F2N3/c1-2-5-17-12(3-4-16-17)8-6-10(14)11(15)7-9(8)13/h3-4,6-7H,2,5,15H2,1H3. The molecule has 1 aromatic carbocycles. The van der Waals surface area contributed by atoms with Crippen LogP contribution in [0.2, 0.25) is 0 Å². The van der Waals surface area contributed by atoms with Crippen molar-refractivity contribution < 1.29 is 8.78 Å². The van der Waals surface area contributed by atoms with Crippen molar-refractivity contribution in [1.29, 1.82) is 0 Å². The third-order valence-electron chi connectivity index (χ3n) is 2.51. The van der Waals surface area contributed by atoms with E-state index in [1.807, 2.05) is 6.92 Å². The molecule has 0 bridgehead atoms. The van der Waals surface area contributed by atoms with E-state index in [4.69, 9.17) is 5.73 Å². The van der Waals surface area contributed by atoms with E-state index in [1.54, 1.807) is 16.9 Å². The molecule has 0 radical (unpaired) electrons. The highest BCUT2D eigenvalue weighted by atomic mass is 19.1. The van der Waals surface area contributed by atoms with Crippen LogP contribution in [0.3, 0.4) is 0 Å². The summed E-state index contributed by atoms with van der Waals surface area (Å²) in [6.45, 7) is 2.65. The van der Waals surface area contributed by atoms with Gasteiger partial charge in [-0.15, -0.1) is 0 Å². The second-order valence-corrected chi connectivity index (χ2v) is 3.79. The predicted octanol–water partition coefficient (Wildman–Crippen LogP) is 2.82. The third kappa shape index (κ3) is 2.13. The van der Waals surface area contributed by atoms with Gasteiger partial charge < -0.3 is 5.73 Å². The van der Waals surface area contributed by atoms with Crippen LogP contribution in [-0.4, -0.2) is 9.78 Å². The Balaban J connectivity index is 2.52. The minimum absolute atomic E-state index is 0.183. The molecule has 0 aliphatic heterocycles. The van der Waals surface area contributed by atoms with Crippen molar-refractivity contribution in [2.45, 2.75) is 19.9 Å². The molecule has 0 amide bonds. The number of halogens is 2. The highest BCUT2D eigenvalue weighted by molar-refractivity contribution is 5.63. The minimum Gasteiger partial charge on any atom is -0.396 e. The lowest BCUT2D eigenvalue weighted by molar-refractivity contribution is 0.590. The lowest BCUT2D eigenvalue weighted by Gasteiger charge is -2.08. The van der Waals surface area contributed by atoms with Crippen molar-refractivity contribution >= 4 is 5.69 Å². The molecule has 1 aromatic heterocycles. The number of nitrogens with two attached hydrogens (primary N) is 1. The fourth-order valence-electron chi connectivity index (χ4n) is 1.71. The minimum atomic E-state index is -0.620. The molecule has 0 unspecified atom stereocenters. The Hall–Kier alpha value is -1.91. The van der Waals surface area contributed by atoms with Crippen molar-refractivity contribution in [2.24, 2.45) is 0 Å². The highest BCUT2D eigenvalue weighted by Crippen LogP contribution is 2.26. The molecule has 2 N–H and O–H groups in total. The van der Waals surface area contributed by atoms with E-state index >= 15 is 0 Å². The normalized spacial score (nSPS) is 10.8. The summed E-state index contributed by atoms with van der Waals surface area (Å²) < 4.78 is 28.7. The molecule has 3 nitrogen and oxygen atoms in total. The molecule has 0 fully saturated rings. The summed E-state index contributed by atoms with van der Waals surface area (Å²) in [6.07, 6.45) is 2.44. The predicted molar refractivity (Wildman–Crippen MR) is 62.3 cm³/mol. The number of benzene rings is 1. The monoisotopic (exact) mass is 237 g/mol. The number of anilines is 1. The molecule has 0 aliphatic carbocycles. The van der Waals surface area contributed by atoms with Gasteiger partial charge >= 0.3 is 0 Å². The van der Waals surface area contributed by atoms with Gasteiger partial charge in [0.05, 0.1) is 11.4 Å². The number of aryl methyl sites for hydroxylation is 1. The Labute approximate surface area is 97.9 Å². The molecule has 2 rings (SSSR count). The largest absolute Gasteiger partial charge is 0.396 e. The highest BCUT2D eigenvalue weighted by Gasteiger charge is 2.13. The molecular weight excluding hydrogens is 224 g/mol. The fraction of sp³-hybridized carbons (Fsp3) is 0.250. The molecule has 0 spiro atoms. The summed E-state index contributed by atoms with van der Waals surface area (Å²) >= 11 is 0. The van der Waals surface area contributed by atoms with Gasteiger partial charge in [0.25, 0.3) is 0 Å². The number of nitrogens with zero attached hydrogens (tertiary/aromatic N) is 2. The maximum absolute atomic E-state index is 13.7. The van der Waals surface area contributed by atoms with Crippen molar-refractivity contribution in [3.05, 3.63) is 36.0 Å². The van der Waals surface area contributed by atoms with E-state index < -0.39 is 11.6 Å². The molecule has 1 heterocycles. The molecule has 17 heavy (non-hydrogen) atoms. The van der Waals surface area contributed by atoms with Crippen LogP contribution in [0, 0.1) is 11.6 Å². The van der Waals surface area contributed by atoms with Crippen molar-refractivity contribution in [3.8, 4) is 11.3 Å². The van der Waals surface area contributed by atoms with E-state index in [0.29, 0.717) is 12.2 Å². The van der Waals surface area contributed by atoms with E-state index in [2.05, 4.69) is 5.10 Å². The lowest BCUT2D eigenvalue weighted by Crippen LogP contribution is -2.03. The van der Waals surface area contributed by atoms with Crippen LogP contribution in [0.5, 0.6) is 0 Å². The lowest BCUT2D eigenvalue weighted by atomic mass is 10.1. The van der Waals surface area contributed by atoms with Crippen LogP contribution in [0.4, 0.5) is 14.5 Å². The SMILES string of the molecule is CCCn1nccc1-c1cc(F)c(N)cc1F. The number of rotatable bonds is 3. The number of aromatic nitrogens is 2. The van der Waals surface area contributed by atoms with Crippen molar-refractivity contribution in [2.75, 3.05) is 5.73 Å².